The second-order valence-electron chi connectivity index (χ2n) is 6.82. The number of ether oxygens (including phenoxy) is 4. The number of anilines is 1. The Labute approximate surface area is 171 Å². The van der Waals surface area contributed by atoms with Crippen molar-refractivity contribution in [3.8, 4) is 23.0 Å². The maximum atomic E-state index is 13.2. The summed E-state index contributed by atoms with van der Waals surface area (Å²) in [5.41, 5.74) is 3.02. The molecule has 0 unspecified atom stereocenters. The highest BCUT2D eigenvalue weighted by Gasteiger charge is 2.21. The lowest BCUT2D eigenvalue weighted by atomic mass is 9.98. The highest BCUT2D eigenvalue weighted by Crippen LogP contribution is 2.42. The molecule has 0 spiro atoms. The fourth-order valence-corrected chi connectivity index (χ4v) is 3.23. The molecule has 2 aromatic rings. The first-order valence-electron chi connectivity index (χ1n) is 9.65. The van der Waals surface area contributed by atoms with E-state index in [2.05, 4.69) is 0 Å². The van der Waals surface area contributed by atoms with E-state index in [1.165, 1.54) is 0 Å². The number of Topliss-reactive ketones (excluding diaryl/α,β-unsaturated/α-hetero) is 1. The smallest absolute Gasteiger partial charge is 0.231 e. The van der Waals surface area contributed by atoms with E-state index < -0.39 is 0 Å². The molecule has 0 saturated carbocycles. The maximum absolute atomic E-state index is 13.2. The van der Waals surface area contributed by atoms with E-state index in [9.17, 15) is 4.79 Å². The summed E-state index contributed by atoms with van der Waals surface area (Å²) in [6.07, 6.45) is 2.47. The Morgan fingerprint density at radius 3 is 2.59 bits per heavy atom. The first-order chi connectivity index (χ1) is 14.0. The molecule has 0 radical (unpaired) electrons. The summed E-state index contributed by atoms with van der Waals surface area (Å²) in [5, 5.41) is 0. The molecule has 0 aliphatic carbocycles. The van der Waals surface area contributed by atoms with Crippen molar-refractivity contribution in [2.24, 2.45) is 0 Å². The van der Waals surface area contributed by atoms with Crippen LogP contribution in [0.1, 0.15) is 36.2 Å². The zero-order chi connectivity index (χ0) is 21.0. The molecule has 1 heterocycles. The number of ketones is 1. The van der Waals surface area contributed by atoms with Gasteiger partial charge in [-0.3, -0.25) is 4.79 Å². The first kappa shape index (κ1) is 20.6. The number of carbonyl (C=O) groups is 1. The van der Waals surface area contributed by atoms with E-state index in [0.29, 0.717) is 41.4 Å². The molecular weight excluding hydrogens is 370 g/mol. The number of methoxy groups -OCH3 is 1. The van der Waals surface area contributed by atoms with Gasteiger partial charge in [0.15, 0.2) is 17.3 Å². The Balaban J connectivity index is 1.96. The maximum Gasteiger partial charge on any atom is 0.231 e. The topological polar surface area (TPSA) is 57.2 Å². The summed E-state index contributed by atoms with van der Waals surface area (Å²) in [6.45, 7) is 4.64. The Bertz CT molecular complexity index is 933. The number of hydrogen-bond acceptors (Lipinski definition) is 6. The van der Waals surface area contributed by atoms with Gasteiger partial charge in [0.25, 0.3) is 0 Å². The summed E-state index contributed by atoms with van der Waals surface area (Å²) in [5.74, 6) is 2.54. The summed E-state index contributed by atoms with van der Waals surface area (Å²) >= 11 is 0. The van der Waals surface area contributed by atoms with E-state index >= 15 is 0 Å². The zero-order valence-corrected chi connectivity index (χ0v) is 17.6. The van der Waals surface area contributed by atoms with Crippen LogP contribution in [-0.2, 0) is 0 Å². The van der Waals surface area contributed by atoms with Gasteiger partial charge in [-0.05, 0) is 55.3 Å². The molecule has 1 aliphatic heterocycles. The molecule has 154 valence electrons. The van der Waals surface area contributed by atoms with Gasteiger partial charge >= 0.3 is 0 Å². The molecule has 0 N–H and O–H groups in total. The molecule has 0 fully saturated rings. The molecule has 1 aliphatic rings. The zero-order valence-electron chi connectivity index (χ0n) is 17.6. The number of benzene rings is 2. The van der Waals surface area contributed by atoms with Crippen LogP contribution in [0.2, 0.25) is 0 Å². The number of rotatable bonds is 8. The fraction of sp³-hybridized carbons (Fsp3) is 0.348. The van der Waals surface area contributed by atoms with Crippen molar-refractivity contribution < 1.29 is 23.7 Å². The SMILES string of the molecule is CCOc1ccc(C(=O)C(=Cc2cc(OC)c3c(c2)OCO3)CC)cc1N(C)C. The van der Waals surface area contributed by atoms with E-state index in [0.717, 1.165) is 17.0 Å². The Morgan fingerprint density at radius 2 is 1.93 bits per heavy atom. The molecule has 2 aromatic carbocycles. The lowest BCUT2D eigenvalue weighted by Crippen LogP contribution is -2.12. The second kappa shape index (κ2) is 8.90. The third kappa shape index (κ3) is 4.31. The fourth-order valence-electron chi connectivity index (χ4n) is 3.23. The van der Waals surface area contributed by atoms with Crippen LogP contribution in [0.25, 0.3) is 6.08 Å². The van der Waals surface area contributed by atoms with Crippen molar-refractivity contribution >= 4 is 17.5 Å². The van der Waals surface area contributed by atoms with Crippen molar-refractivity contribution in [1.29, 1.82) is 0 Å². The van der Waals surface area contributed by atoms with Gasteiger partial charge in [0, 0.05) is 25.2 Å². The number of carbonyl (C=O) groups excluding carboxylic acids is 1. The van der Waals surface area contributed by atoms with Gasteiger partial charge < -0.3 is 23.8 Å². The summed E-state index contributed by atoms with van der Waals surface area (Å²) in [7, 11) is 5.45. The quantitative estimate of drug-likeness (QED) is 0.481. The minimum Gasteiger partial charge on any atom is -0.493 e. The van der Waals surface area contributed by atoms with E-state index in [4.69, 9.17) is 18.9 Å². The molecule has 0 aromatic heterocycles. The summed E-state index contributed by atoms with van der Waals surface area (Å²) < 4.78 is 22.0. The number of allylic oxidation sites excluding steroid dienone is 1. The highest BCUT2D eigenvalue weighted by atomic mass is 16.7. The summed E-state index contributed by atoms with van der Waals surface area (Å²) in [4.78, 5) is 15.1. The third-order valence-corrected chi connectivity index (χ3v) is 4.70. The van der Waals surface area contributed by atoms with Gasteiger partial charge in [-0.1, -0.05) is 6.92 Å². The van der Waals surface area contributed by atoms with Crippen molar-refractivity contribution in [2.45, 2.75) is 20.3 Å². The molecule has 0 saturated heterocycles. The normalized spacial score (nSPS) is 12.7. The van der Waals surface area contributed by atoms with Gasteiger partial charge in [-0.2, -0.15) is 0 Å². The van der Waals surface area contributed by atoms with Gasteiger partial charge in [0.2, 0.25) is 12.5 Å². The molecule has 6 heteroatoms. The highest BCUT2D eigenvalue weighted by molar-refractivity contribution is 6.11. The van der Waals surface area contributed by atoms with Gasteiger partial charge in [-0.15, -0.1) is 0 Å². The molecular formula is C23H27NO5. The van der Waals surface area contributed by atoms with Crippen LogP contribution in [0.3, 0.4) is 0 Å². The lowest BCUT2D eigenvalue weighted by Gasteiger charge is -2.18. The number of fused-ring (bicyclic) bond motifs is 1. The standard InChI is InChI=1S/C23H27NO5/c1-6-16(10-15-11-20(26-5)23-21(12-15)28-14-29-23)22(25)17-8-9-19(27-7-2)18(13-17)24(3)4/h8-13H,6-7,14H2,1-5H3. The monoisotopic (exact) mass is 397 g/mol. The Morgan fingerprint density at radius 1 is 1.14 bits per heavy atom. The first-order valence-corrected chi connectivity index (χ1v) is 9.65. The minimum atomic E-state index is -0.0183. The third-order valence-electron chi connectivity index (χ3n) is 4.70. The van der Waals surface area contributed by atoms with Crippen molar-refractivity contribution in [3.63, 3.8) is 0 Å². The van der Waals surface area contributed by atoms with Crippen molar-refractivity contribution in [2.75, 3.05) is 39.5 Å². The van der Waals surface area contributed by atoms with Crippen LogP contribution in [-0.4, -0.2) is 40.4 Å². The van der Waals surface area contributed by atoms with E-state index in [1.54, 1.807) is 7.11 Å². The van der Waals surface area contributed by atoms with E-state index in [1.807, 2.05) is 69.3 Å². The van der Waals surface area contributed by atoms with Crippen LogP contribution < -0.4 is 23.8 Å². The average Bonchev–Trinajstić information content (AvgIpc) is 3.20. The molecule has 0 atom stereocenters. The van der Waals surface area contributed by atoms with Gasteiger partial charge in [0.1, 0.15) is 5.75 Å². The van der Waals surface area contributed by atoms with Crippen LogP contribution in [0.4, 0.5) is 5.69 Å². The van der Waals surface area contributed by atoms with Crippen LogP contribution in [0.15, 0.2) is 35.9 Å². The average molecular weight is 397 g/mol. The largest absolute Gasteiger partial charge is 0.493 e. The Kier molecular flexibility index (Phi) is 6.32. The number of nitrogens with zero attached hydrogens (tertiary/aromatic N) is 1. The molecule has 29 heavy (non-hydrogen) atoms. The van der Waals surface area contributed by atoms with Crippen LogP contribution in [0.5, 0.6) is 23.0 Å². The predicted octanol–water partition coefficient (Wildman–Crippen LogP) is 4.56. The van der Waals surface area contributed by atoms with Crippen molar-refractivity contribution in [3.05, 3.63) is 47.0 Å². The Hall–Kier alpha value is -3.15. The molecule has 6 nitrogen and oxygen atoms in total. The minimum absolute atomic E-state index is 0.0183. The van der Waals surface area contributed by atoms with Gasteiger partial charge in [-0.25, -0.2) is 0 Å². The predicted molar refractivity (Wildman–Crippen MR) is 114 cm³/mol. The molecule has 0 amide bonds. The van der Waals surface area contributed by atoms with E-state index in [-0.39, 0.29) is 12.6 Å². The second-order valence-corrected chi connectivity index (χ2v) is 6.82. The van der Waals surface area contributed by atoms with Crippen molar-refractivity contribution in [1.82, 2.24) is 0 Å². The number of hydrogen-bond donors (Lipinski definition) is 0. The van der Waals surface area contributed by atoms with Crippen LogP contribution >= 0.6 is 0 Å². The van der Waals surface area contributed by atoms with Gasteiger partial charge in [0.05, 0.1) is 19.4 Å². The molecule has 0 bridgehead atoms. The molecule has 3 rings (SSSR count). The van der Waals surface area contributed by atoms with Crippen LogP contribution in [0, 0.1) is 0 Å². The lowest BCUT2D eigenvalue weighted by molar-refractivity contribution is 0.103. The summed E-state index contributed by atoms with van der Waals surface area (Å²) in [6, 6.07) is 9.24.